The molecule has 0 aliphatic heterocycles. The van der Waals surface area contributed by atoms with E-state index in [1.165, 1.54) is 0 Å². The monoisotopic (exact) mass is 385 g/mol. The number of rotatable bonds is 11. The number of hydrogen-bond donors (Lipinski definition) is 1. The highest BCUT2D eigenvalue weighted by atomic mass is 127. The molecule has 4 heteroatoms. The van der Waals surface area contributed by atoms with E-state index < -0.39 is 0 Å². The van der Waals surface area contributed by atoms with Crippen LogP contribution in [0.1, 0.15) is 53.9 Å². The minimum Gasteiger partial charge on any atom is -0.381 e. The van der Waals surface area contributed by atoms with Crippen LogP contribution < -0.4 is 5.32 Å². The van der Waals surface area contributed by atoms with Gasteiger partial charge in [0, 0.05) is 28.8 Å². The quantitative estimate of drug-likeness (QED) is 0.334. The Balaban J connectivity index is 3.20. The van der Waals surface area contributed by atoms with Crippen LogP contribution >= 0.6 is 22.6 Å². The summed E-state index contributed by atoms with van der Waals surface area (Å²) in [6, 6.07) is 0. The summed E-state index contributed by atoms with van der Waals surface area (Å²) in [5.41, 5.74) is 0.208. The number of nitrogens with one attached hydrogen (secondary N) is 1. The smallest absolute Gasteiger partial charge is 0.0609 e. The number of alkyl halides is 1. The van der Waals surface area contributed by atoms with Crippen molar-refractivity contribution in [1.29, 1.82) is 0 Å². The van der Waals surface area contributed by atoms with Gasteiger partial charge in [0.1, 0.15) is 0 Å². The first kappa shape index (κ1) is 19.6. The van der Waals surface area contributed by atoms with E-state index in [1.807, 2.05) is 0 Å². The van der Waals surface area contributed by atoms with E-state index in [2.05, 4.69) is 62.5 Å². The molecule has 1 unspecified atom stereocenters. The van der Waals surface area contributed by atoms with Crippen LogP contribution in [-0.4, -0.2) is 41.9 Å². The summed E-state index contributed by atoms with van der Waals surface area (Å²) >= 11 is 2.47. The van der Waals surface area contributed by atoms with Gasteiger partial charge in [0.25, 0.3) is 0 Å². The highest BCUT2D eigenvalue weighted by Gasteiger charge is 2.16. The molecular weight excluding hydrogens is 353 g/mol. The second kappa shape index (κ2) is 10.4. The maximum absolute atomic E-state index is 5.66. The van der Waals surface area contributed by atoms with Crippen molar-refractivity contribution in [3.8, 4) is 0 Å². The second-order valence-electron chi connectivity index (χ2n) is 6.32. The van der Waals surface area contributed by atoms with Gasteiger partial charge in [-0.3, -0.25) is 0 Å². The Kier molecular flexibility index (Phi) is 10.7. The van der Waals surface area contributed by atoms with Crippen LogP contribution in [0, 0.1) is 0 Å². The molecule has 0 aromatic carbocycles. The summed E-state index contributed by atoms with van der Waals surface area (Å²) < 4.78 is 11.5. The third-order valence-corrected chi connectivity index (χ3v) is 3.91. The third-order valence-electron chi connectivity index (χ3n) is 2.84. The Bertz CT molecular complexity index is 215. The van der Waals surface area contributed by atoms with E-state index in [0.717, 1.165) is 52.2 Å². The lowest BCUT2D eigenvalue weighted by Crippen LogP contribution is -2.36. The first-order chi connectivity index (χ1) is 8.77. The van der Waals surface area contributed by atoms with Gasteiger partial charge in [0.05, 0.1) is 6.61 Å². The minimum atomic E-state index is 0.208. The summed E-state index contributed by atoms with van der Waals surface area (Å²) in [6.45, 7) is 15.3. The first-order valence-electron chi connectivity index (χ1n) is 7.36. The summed E-state index contributed by atoms with van der Waals surface area (Å²) in [4.78, 5) is 0. The normalized spacial score (nSPS) is 15.5. The van der Waals surface area contributed by atoms with Gasteiger partial charge in [-0.05, 0) is 53.5 Å². The van der Waals surface area contributed by atoms with Crippen LogP contribution in [0.25, 0.3) is 0 Å². The molecule has 0 aliphatic carbocycles. The maximum atomic E-state index is 5.66. The lowest BCUT2D eigenvalue weighted by molar-refractivity contribution is 0.0748. The molecule has 0 radical (unpaired) electrons. The molecule has 19 heavy (non-hydrogen) atoms. The van der Waals surface area contributed by atoms with Crippen LogP contribution in [0.15, 0.2) is 0 Å². The van der Waals surface area contributed by atoms with E-state index in [1.54, 1.807) is 0 Å². The van der Waals surface area contributed by atoms with Crippen LogP contribution in [0.3, 0.4) is 0 Å². The van der Waals surface area contributed by atoms with Crippen molar-refractivity contribution >= 4 is 22.6 Å². The number of halogens is 1. The highest BCUT2D eigenvalue weighted by molar-refractivity contribution is 14.1. The molecule has 0 aliphatic rings. The molecule has 1 atom stereocenters. The molecule has 1 N–H and O–H groups in total. The highest BCUT2D eigenvalue weighted by Crippen LogP contribution is 2.22. The van der Waals surface area contributed by atoms with Crippen molar-refractivity contribution in [2.75, 3.05) is 33.0 Å². The fourth-order valence-corrected chi connectivity index (χ4v) is 1.61. The molecule has 0 bridgehead atoms. The standard InChI is InChI=1S/C15H32INO2/c1-6-15(5,16)13-19-12-8-11-18-10-7-9-17-14(2,3)4/h17H,6-13H2,1-5H3. The average Bonchev–Trinajstić information content (AvgIpc) is 2.30. The molecule has 0 rings (SSSR count). The Morgan fingerprint density at radius 2 is 1.53 bits per heavy atom. The second-order valence-corrected chi connectivity index (χ2v) is 8.92. The van der Waals surface area contributed by atoms with Gasteiger partial charge in [-0.2, -0.15) is 0 Å². The lowest BCUT2D eigenvalue weighted by Gasteiger charge is -2.20. The van der Waals surface area contributed by atoms with E-state index in [-0.39, 0.29) is 8.96 Å². The molecule has 3 nitrogen and oxygen atoms in total. The van der Waals surface area contributed by atoms with Gasteiger partial charge in [0.15, 0.2) is 0 Å². The Hall–Kier alpha value is 0.610. The Labute approximate surface area is 133 Å². The molecule has 0 fully saturated rings. The van der Waals surface area contributed by atoms with Gasteiger partial charge in [-0.25, -0.2) is 0 Å². The van der Waals surface area contributed by atoms with E-state index >= 15 is 0 Å². The third kappa shape index (κ3) is 14.8. The molecule has 0 aromatic rings. The predicted molar refractivity (Wildman–Crippen MR) is 91.3 cm³/mol. The van der Waals surface area contributed by atoms with Crippen molar-refractivity contribution in [2.24, 2.45) is 0 Å². The van der Waals surface area contributed by atoms with Gasteiger partial charge >= 0.3 is 0 Å². The SMILES string of the molecule is CCC(C)(I)COCCCOCCCNC(C)(C)C. The molecule has 116 valence electrons. The van der Waals surface area contributed by atoms with Crippen LogP contribution in [0.5, 0.6) is 0 Å². The van der Waals surface area contributed by atoms with Gasteiger partial charge in [-0.15, -0.1) is 0 Å². The summed E-state index contributed by atoms with van der Waals surface area (Å²) in [6.07, 6.45) is 3.20. The molecular formula is C15H32INO2. The van der Waals surface area contributed by atoms with Crippen LogP contribution in [0.4, 0.5) is 0 Å². The van der Waals surface area contributed by atoms with Crippen molar-refractivity contribution < 1.29 is 9.47 Å². The largest absolute Gasteiger partial charge is 0.381 e. The van der Waals surface area contributed by atoms with Crippen molar-refractivity contribution in [3.63, 3.8) is 0 Å². The predicted octanol–water partition coefficient (Wildman–Crippen LogP) is 3.79. The molecule has 0 amide bonds. The topological polar surface area (TPSA) is 30.5 Å². The fourth-order valence-electron chi connectivity index (χ4n) is 1.39. The van der Waals surface area contributed by atoms with Gasteiger partial charge in [0.2, 0.25) is 0 Å². The molecule has 0 heterocycles. The van der Waals surface area contributed by atoms with Gasteiger partial charge < -0.3 is 14.8 Å². The van der Waals surface area contributed by atoms with Crippen molar-refractivity contribution in [3.05, 3.63) is 0 Å². The zero-order chi connectivity index (χ0) is 14.8. The van der Waals surface area contributed by atoms with Crippen LogP contribution in [-0.2, 0) is 9.47 Å². The van der Waals surface area contributed by atoms with Crippen molar-refractivity contribution in [1.82, 2.24) is 5.32 Å². The fraction of sp³-hybridized carbons (Fsp3) is 1.00. The average molecular weight is 385 g/mol. The number of ether oxygens (including phenoxy) is 2. The number of hydrogen-bond acceptors (Lipinski definition) is 3. The van der Waals surface area contributed by atoms with Gasteiger partial charge in [-0.1, -0.05) is 29.5 Å². The molecule has 0 saturated heterocycles. The zero-order valence-corrected chi connectivity index (χ0v) is 15.5. The maximum Gasteiger partial charge on any atom is 0.0609 e. The summed E-state index contributed by atoms with van der Waals surface area (Å²) in [7, 11) is 0. The molecule has 0 aromatic heterocycles. The van der Waals surface area contributed by atoms with Crippen LogP contribution in [0.2, 0.25) is 0 Å². The summed E-state index contributed by atoms with van der Waals surface area (Å²) in [5.74, 6) is 0. The summed E-state index contributed by atoms with van der Waals surface area (Å²) in [5, 5.41) is 3.45. The minimum absolute atomic E-state index is 0.208. The van der Waals surface area contributed by atoms with Crippen molar-refractivity contribution in [2.45, 2.75) is 62.8 Å². The van der Waals surface area contributed by atoms with E-state index in [4.69, 9.17) is 9.47 Å². The van der Waals surface area contributed by atoms with E-state index in [0.29, 0.717) is 0 Å². The zero-order valence-electron chi connectivity index (χ0n) is 13.4. The van der Waals surface area contributed by atoms with E-state index in [9.17, 15) is 0 Å². The Morgan fingerprint density at radius 1 is 0.947 bits per heavy atom. The first-order valence-corrected chi connectivity index (χ1v) is 8.44. The molecule has 0 saturated carbocycles. The lowest BCUT2D eigenvalue weighted by atomic mass is 10.1. The Morgan fingerprint density at radius 3 is 2.11 bits per heavy atom. The molecule has 0 spiro atoms.